The van der Waals surface area contributed by atoms with Crippen LogP contribution in [0.4, 0.5) is 5.69 Å². The van der Waals surface area contributed by atoms with Crippen molar-refractivity contribution in [1.29, 1.82) is 0 Å². The number of rotatable bonds is 10. The summed E-state index contributed by atoms with van der Waals surface area (Å²) in [5.74, 6) is -0.360. The third kappa shape index (κ3) is 6.53. The van der Waals surface area contributed by atoms with Crippen LogP contribution in [0.5, 0.6) is 0 Å². The van der Waals surface area contributed by atoms with Crippen LogP contribution in [0.2, 0.25) is 5.02 Å². The van der Waals surface area contributed by atoms with Crippen molar-refractivity contribution >= 4 is 40.9 Å². The molecule has 0 radical (unpaired) electrons. The third-order valence-corrected chi connectivity index (χ3v) is 5.39. The Morgan fingerprint density at radius 2 is 2.00 bits per heavy atom. The first kappa shape index (κ1) is 24.2. The van der Waals surface area contributed by atoms with E-state index >= 15 is 0 Å². The minimum atomic E-state index is -0.965. The monoisotopic (exact) mass is 490 g/mol. The van der Waals surface area contributed by atoms with E-state index in [1.807, 2.05) is 24.5 Å². The number of carbonyl (C=O) groups excluding carboxylic acids is 2. The van der Waals surface area contributed by atoms with Gasteiger partial charge in [0, 0.05) is 17.7 Å². The number of amides is 1. The zero-order valence-corrected chi connectivity index (χ0v) is 19.0. The van der Waals surface area contributed by atoms with Crippen molar-refractivity contribution in [1.82, 2.24) is 15.5 Å². The molecular weight excluding hydrogens is 472 g/mol. The fourth-order valence-electron chi connectivity index (χ4n) is 2.77. The van der Waals surface area contributed by atoms with Crippen molar-refractivity contribution in [3.8, 4) is 11.5 Å². The largest absolute Gasteiger partial charge is 0.454 e. The molecule has 1 amide bonds. The van der Waals surface area contributed by atoms with Gasteiger partial charge >= 0.3 is 5.97 Å². The number of thioether (sulfide) groups is 1. The van der Waals surface area contributed by atoms with E-state index in [0.29, 0.717) is 18.1 Å². The van der Waals surface area contributed by atoms with Gasteiger partial charge in [0.1, 0.15) is 6.04 Å². The number of ether oxygens (including phenoxy) is 1. The van der Waals surface area contributed by atoms with E-state index in [9.17, 15) is 19.7 Å². The normalized spacial score (nSPS) is 11.6. The van der Waals surface area contributed by atoms with Gasteiger partial charge < -0.3 is 14.5 Å². The van der Waals surface area contributed by atoms with Gasteiger partial charge in [0.2, 0.25) is 5.89 Å². The molecule has 0 saturated carbocycles. The van der Waals surface area contributed by atoms with Crippen LogP contribution >= 0.6 is 23.4 Å². The second kappa shape index (κ2) is 11.4. The average Bonchev–Trinajstić information content (AvgIpc) is 3.29. The number of hydrogen-bond acceptors (Lipinski definition) is 9. The van der Waals surface area contributed by atoms with E-state index in [0.717, 1.165) is 17.7 Å². The van der Waals surface area contributed by atoms with Gasteiger partial charge in [0.25, 0.3) is 17.5 Å². The third-order valence-electron chi connectivity index (χ3n) is 4.43. The summed E-state index contributed by atoms with van der Waals surface area (Å²) in [5.41, 5.74) is 0.491. The molecule has 0 bridgehead atoms. The number of non-ortho nitro benzene ring substituents is 1. The lowest BCUT2D eigenvalue weighted by Crippen LogP contribution is -2.42. The standard InChI is InChI=1S/C21H19ClN4O6S/c1-33-10-9-17(23-19(27)15-8-7-14(26(29)30)11-16(15)22)21(28)31-12-18-24-25-20(32-18)13-5-3-2-4-6-13/h2-8,11,17H,9-10,12H2,1H3,(H,23,27)/t17-/m1/s1. The molecule has 10 nitrogen and oxygen atoms in total. The SMILES string of the molecule is CSCC[C@@H](NC(=O)c1ccc([N+](=O)[O-])cc1Cl)C(=O)OCc1nnc(-c2ccccc2)o1. The average molecular weight is 491 g/mol. The first-order chi connectivity index (χ1) is 15.9. The molecule has 33 heavy (non-hydrogen) atoms. The molecular formula is C21H19ClN4O6S. The lowest BCUT2D eigenvalue weighted by molar-refractivity contribution is -0.384. The highest BCUT2D eigenvalue weighted by atomic mass is 35.5. The molecule has 1 N–H and O–H groups in total. The second-order valence-corrected chi connectivity index (χ2v) is 8.10. The number of carbonyl (C=O) groups is 2. The van der Waals surface area contributed by atoms with Crippen molar-refractivity contribution in [2.24, 2.45) is 0 Å². The smallest absolute Gasteiger partial charge is 0.329 e. The number of nitrogens with one attached hydrogen (secondary N) is 1. The van der Waals surface area contributed by atoms with Crippen LogP contribution in [0.1, 0.15) is 22.7 Å². The molecule has 3 aromatic rings. The second-order valence-electron chi connectivity index (χ2n) is 6.70. The van der Waals surface area contributed by atoms with Gasteiger partial charge in [0.05, 0.1) is 15.5 Å². The number of nitro benzene ring substituents is 1. The van der Waals surface area contributed by atoms with Crippen LogP contribution < -0.4 is 5.32 Å². The molecule has 12 heteroatoms. The maximum Gasteiger partial charge on any atom is 0.329 e. The maximum atomic E-state index is 12.6. The van der Waals surface area contributed by atoms with Crippen LogP contribution in [-0.2, 0) is 16.1 Å². The molecule has 0 aliphatic rings. The van der Waals surface area contributed by atoms with Crippen molar-refractivity contribution in [3.05, 3.63) is 75.1 Å². The Labute approximate surface area is 197 Å². The molecule has 0 spiro atoms. The summed E-state index contributed by atoms with van der Waals surface area (Å²) < 4.78 is 10.8. The Balaban J connectivity index is 1.64. The van der Waals surface area contributed by atoms with E-state index in [4.69, 9.17) is 20.8 Å². The number of halogens is 1. The lowest BCUT2D eigenvalue weighted by atomic mass is 10.1. The van der Waals surface area contributed by atoms with Gasteiger partial charge in [-0.1, -0.05) is 29.8 Å². The summed E-state index contributed by atoms with van der Waals surface area (Å²) in [6.45, 7) is -0.261. The molecule has 0 fully saturated rings. The van der Waals surface area contributed by atoms with Gasteiger partial charge in [-0.25, -0.2) is 4.79 Å². The number of benzene rings is 2. The first-order valence-corrected chi connectivity index (χ1v) is 11.4. The van der Waals surface area contributed by atoms with Crippen LogP contribution in [0.3, 0.4) is 0 Å². The molecule has 1 heterocycles. The summed E-state index contributed by atoms with van der Waals surface area (Å²) in [4.78, 5) is 35.5. The zero-order valence-electron chi connectivity index (χ0n) is 17.4. The van der Waals surface area contributed by atoms with Crippen molar-refractivity contribution in [2.75, 3.05) is 12.0 Å². The Hall–Kier alpha value is -3.44. The highest BCUT2D eigenvalue weighted by Crippen LogP contribution is 2.23. The zero-order chi connectivity index (χ0) is 23.8. The number of nitro groups is 1. The van der Waals surface area contributed by atoms with E-state index in [2.05, 4.69) is 15.5 Å². The molecule has 1 aromatic heterocycles. The predicted octanol–water partition coefficient (Wildman–Crippen LogP) is 3.89. The van der Waals surface area contributed by atoms with E-state index in [-0.39, 0.29) is 28.8 Å². The van der Waals surface area contributed by atoms with Gasteiger partial charge in [-0.15, -0.1) is 10.2 Å². The Bertz CT molecular complexity index is 1140. The predicted molar refractivity (Wildman–Crippen MR) is 122 cm³/mol. The van der Waals surface area contributed by atoms with E-state index < -0.39 is 22.8 Å². The van der Waals surface area contributed by atoms with Crippen LogP contribution in [0, 0.1) is 10.1 Å². The topological polar surface area (TPSA) is 137 Å². The molecule has 172 valence electrons. The minimum absolute atomic E-state index is 0.00798. The Kier molecular flexibility index (Phi) is 8.39. The van der Waals surface area contributed by atoms with Gasteiger partial charge in [0.15, 0.2) is 6.61 Å². The maximum absolute atomic E-state index is 12.6. The van der Waals surface area contributed by atoms with Crippen molar-refractivity contribution < 1.29 is 23.7 Å². The summed E-state index contributed by atoms with van der Waals surface area (Å²) in [6.07, 6.45) is 2.16. The highest BCUT2D eigenvalue weighted by molar-refractivity contribution is 7.98. The quantitative estimate of drug-likeness (QED) is 0.255. The van der Waals surface area contributed by atoms with Crippen molar-refractivity contribution in [3.63, 3.8) is 0 Å². The van der Waals surface area contributed by atoms with Gasteiger partial charge in [-0.05, 0) is 36.6 Å². The van der Waals surface area contributed by atoms with Crippen LogP contribution in [0.25, 0.3) is 11.5 Å². The number of nitrogens with zero attached hydrogens (tertiary/aromatic N) is 3. The summed E-state index contributed by atoms with van der Waals surface area (Å²) in [5, 5.41) is 21.1. The van der Waals surface area contributed by atoms with E-state index in [1.165, 1.54) is 17.8 Å². The number of esters is 1. The van der Waals surface area contributed by atoms with E-state index in [1.54, 1.807) is 12.1 Å². The van der Waals surface area contributed by atoms with Gasteiger partial charge in [-0.2, -0.15) is 11.8 Å². The summed E-state index contributed by atoms with van der Waals surface area (Å²) in [7, 11) is 0. The lowest BCUT2D eigenvalue weighted by Gasteiger charge is -2.17. The molecule has 3 rings (SSSR count). The molecule has 0 saturated heterocycles. The number of aromatic nitrogens is 2. The molecule has 1 atom stereocenters. The minimum Gasteiger partial charge on any atom is -0.454 e. The summed E-state index contributed by atoms with van der Waals surface area (Å²) in [6, 6.07) is 11.6. The molecule has 0 unspecified atom stereocenters. The Morgan fingerprint density at radius 3 is 2.67 bits per heavy atom. The van der Waals surface area contributed by atoms with Gasteiger partial charge in [-0.3, -0.25) is 14.9 Å². The fraction of sp³-hybridized carbons (Fsp3) is 0.238. The van der Waals surface area contributed by atoms with Crippen LogP contribution in [0.15, 0.2) is 52.9 Å². The molecule has 2 aromatic carbocycles. The highest BCUT2D eigenvalue weighted by Gasteiger charge is 2.25. The number of hydrogen-bond donors (Lipinski definition) is 1. The first-order valence-electron chi connectivity index (χ1n) is 9.67. The fourth-order valence-corrected chi connectivity index (χ4v) is 3.50. The molecule has 0 aliphatic heterocycles. The van der Waals surface area contributed by atoms with Crippen LogP contribution in [-0.4, -0.2) is 45.0 Å². The molecule has 0 aliphatic carbocycles. The summed E-state index contributed by atoms with van der Waals surface area (Å²) >= 11 is 7.51. The van der Waals surface area contributed by atoms with Crippen molar-refractivity contribution in [2.45, 2.75) is 19.1 Å². The Morgan fingerprint density at radius 1 is 1.24 bits per heavy atom.